The fourth-order valence-electron chi connectivity index (χ4n) is 7.41. The molecule has 2 unspecified atom stereocenters. The van der Waals surface area contributed by atoms with Crippen LogP contribution in [0.3, 0.4) is 0 Å². The Hall–Kier alpha value is -2.20. The summed E-state index contributed by atoms with van der Waals surface area (Å²) in [4.78, 5) is 56.8. The summed E-state index contributed by atoms with van der Waals surface area (Å²) >= 11 is 0. The minimum atomic E-state index is -1.39. The summed E-state index contributed by atoms with van der Waals surface area (Å²) in [5.41, 5.74) is 5.92. The smallest absolute Gasteiger partial charge is 0.251 e. The molecule has 3 rings (SSSR count). The van der Waals surface area contributed by atoms with Crippen molar-refractivity contribution >= 4 is 23.6 Å². The molecule has 3 aliphatic carbocycles. The van der Waals surface area contributed by atoms with Gasteiger partial charge in [-0.2, -0.15) is 0 Å². The maximum Gasteiger partial charge on any atom is 0.251 e. The minimum absolute atomic E-state index is 0.0792. The molecule has 3 fully saturated rings. The molecule has 3 aliphatic rings. The highest BCUT2D eigenvalue weighted by Crippen LogP contribution is 2.55. The second-order valence-electron chi connectivity index (χ2n) is 16.9. The summed E-state index contributed by atoms with van der Waals surface area (Å²) in [6, 6.07) is -3.13. The van der Waals surface area contributed by atoms with Gasteiger partial charge in [0, 0.05) is 12.6 Å². The molecule has 0 heterocycles. The Balaban J connectivity index is 1.89. The summed E-state index contributed by atoms with van der Waals surface area (Å²) in [6.07, 6.45) is 11.0. The van der Waals surface area contributed by atoms with Crippen molar-refractivity contribution in [2.24, 2.45) is 27.9 Å². The van der Waals surface area contributed by atoms with Crippen LogP contribution in [0.2, 0.25) is 0 Å². The van der Waals surface area contributed by atoms with E-state index in [0.717, 1.165) is 57.8 Å². The molecule has 0 spiro atoms. The van der Waals surface area contributed by atoms with Crippen molar-refractivity contribution in [3.8, 4) is 0 Å². The summed E-state index contributed by atoms with van der Waals surface area (Å²) in [5.74, 6) is -1.42. The molecule has 0 aliphatic heterocycles. The third kappa shape index (κ3) is 10.2. The van der Waals surface area contributed by atoms with Gasteiger partial charge in [-0.05, 0) is 80.0 Å². The molecule has 3 saturated carbocycles. The predicted octanol–water partition coefficient (Wildman–Crippen LogP) is 4.56. The standard InChI is InChI=1S/C37H67N5O5/c1-9-15-26(29(43)33(46)39-25-18-19-25)40-31(44)27(10-2)42(23-22-36(6,7)37(8)20-14-21-37)34(47)30(35(3,4)5)41-32(45)28(38)24-16-12-11-13-17-24/h24-30,43H,9-23,38H2,1-8H3,(H,39,46)(H,40,44)(H,41,45)/t26?,27-,28-,29?,30+/m0/s1. The molecule has 4 amide bonds. The molecule has 0 aromatic rings. The van der Waals surface area contributed by atoms with Crippen LogP contribution in [0.4, 0.5) is 0 Å². The van der Waals surface area contributed by atoms with Crippen molar-refractivity contribution in [1.29, 1.82) is 0 Å². The summed E-state index contributed by atoms with van der Waals surface area (Å²) in [7, 11) is 0. The zero-order chi connectivity index (χ0) is 35.2. The van der Waals surface area contributed by atoms with E-state index in [4.69, 9.17) is 5.73 Å². The largest absolute Gasteiger partial charge is 0.381 e. The number of hydrogen-bond donors (Lipinski definition) is 5. The molecule has 0 radical (unpaired) electrons. The van der Waals surface area contributed by atoms with E-state index < -0.39 is 47.5 Å². The first-order valence-electron chi connectivity index (χ1n) is 18.6. The van der Waals surface area contributed by atoms with E-state index >= 15 is 0 Å². The van der Waals surface area contributed by atoms with Crippen LogP contribution in [-0.4, -0.2) is 76.5 Å². The molecular formula is C37H67N5O5. The Morgan fingerprint density at radius 2 is 1.51 bits per heavy atom. The monoisotopic (exact) mass is 662 g/mol. The van der Waals surface area contributed by atoms with Crippen LogP contribution in [0.1, 0.15) is 145 Å². The van der Waals surface area contributed by atoms with Crippen molar-refractivity contribution in [1.82, 2.24) is 20.9 Å². The van der Waals surface area contributed by atoms with Crippen LogP contribution in [0.5, 0.6) is 0 Å². The van der Waals surface area contributed by atoms with Crippen molar-refractivity contribution in [2.45, 2.75) is 182 Å². The second-order valence-corrected chi connectivity index (χ2v) is 16.9. The zero-order valence-corrected chi connectivity index (χ0v) is 30.8. The molecule has 5 atom stereocenters. The third-order valence-corrected chi connectivity index (χ3v) is 11.8. The molecule has 0 aromatic heterocycles. The van der Waals surface area contributed by atoms with Crippen LogP contribution in [0.25, 0.3) is 0 Å². The van der Waals surface area contributed by atoms with Gasteiger partial charge in [0.25, 0.3) is 5.91 Å². The van der Waals surface area contributed by atoms with E-state index in [0.29, 0.717) is 32.2 Å². The average molecular weight is 662 g/mol. The normalized spacial score (nSPS) is 21.7. The van der Waals surface area contributed by atoms with E-state index in [-0.39, 0.29) is 34.6 Å². The van der Waals surface area contributed by atoms with Gasteiger partial charge in [-0.1, -0.05) is 87.5 Å². The highest BCUT2D eigenvalue weighted by atomic mass is 16.3. The van der Waals surface area contributed by atoms with Crippen LogP contribution >= 0.6 is 0 Å². The maximum absolute atomic E-state index is 14.7. The van der Waals surface area contributed by atoms with E-state index in [9.17, 15) is 24.3 Å². The van der Waals surface area contributed by atoms with E-state index in [2.05, 4.69) is 36.7 Å². The Bertz CT molecular complexity index is 1070. The number of rotatable bonds is 17. The lowest BCUT2D eigenvalue weighted by atomic mass is 9.54. The van der Waals surface area contributed by atoms with Gasteiger partial charge in [0.15, 0.2) is 6.10 Å². The Morgan fingerprint density at radius 3 is 2.00 bits per heavy atom. The average Bonchev–Trinajstić information content (AvgIpc) is 3.82. The highest BCUT2D eigenvalue weighted by molar-refractivity contribution is 5.94. The molecule has 47 heavy (non-hydrogen) atoms. The molecule has 270 valence electrons. The van der Waals surface area contributed by atoms with Crippen LogP contribution in [-0.2, 0) is 19.2 Å². The lowest BCUT2D eigenvalue weighted by Gasteiger charge is -2.52. The van der Waals surface area contributed by atoms with E-state index in [1.807, 2.05) is 34.6 Å². The van der Waals surface area contributed by atoms with Crippen LogP contribution in [0, 0.1) is 22.2 Å². The number of nitrogens with one attached hydrogen (secondary N) is 3. The SMILES string of the molecule is CCCC(NC(=O)[C@H](CC)N(CCC(C)(C)C1(C)CCC1)C(=O)[C@@H](NC(=O)[C@@H](N)C1CCCCC1)C(C)(C)C)C(O)C(=O)NC1CC1. The lowest BCUT2D eigenvalue weighted by Crippen LogP contribution is -2.63. The zero-order valence-electron chi connectivity index (χ0n) is 30.8. The van der Waals surface area contributed by atoms with Crippen molar-refractivity contribution in [3.05, 3.63) is 0 Å². The third-order valence-electron chi connectivity index (χ3n) is 11.8. The maximum atomic E-state index is 14.7. The summed E-state index contributed by atoms with van der Waals surface area (Å²) < 4.78 is 0. The van der Waals surface area contributed by atoms with E-state index in [1.165, 1.54) is 6.42 Å². The van der Waals surface area contributed by atoms with Gasteiger partial charge in [0.1, 0.15) is 12.1 Å². The predicted molar refractivity (Wildman–Crippen MR) is 186 cm³/mol. The van der Waals surface area contributed by atoms with Crippen LogP contribution < -0.4 is 21.7 Å². The molecule has 0 bridgehead atoms. The fourth-order valence-corrected chi connectivity index (χ4v) is 7.41. The molecule has 0 aromatic carbocycles. The second kappa shape index (κ2) is 16.5. The molecular weight excluding hydrogens is 594 g/mol. The Labute approximate surface area is 284 Å². The molecule has 6 N–H and O–H groups in total. The van der Waals surface area contributed by atoms with E-state index in [1.54, 1.807) is 4.90 Å². The highest BCUT2D eigenvalue weighted by Gasteiger charge is 2.47. The number of carbonyl (C=O) groups is 4. The molecule has 10 heteroatoms. The number of amides is 4. The van der Waals surface area contributed by atoms with Gasteiger partial charge < -0.3 is 31.7 Å². The number of nitrogens with two attached hydrogens (primary N) is 1. The van der Waals surface area contributed by atoms with Crippen molar-refractivity contribution < 1.29 is 24.3 Å². The first kappa shape index (κ1) is 39.2. The topological polar surface area (TPSA) is 154 Å². The van der Waals surface area contributed by atoms with Gasteiger partial charge in [0.05, 0.1) is 12.1 Å². The first-order chi connectivity index (χ1) is 22.0. The van der Waals surface area contributed by atoms with Gasteiger partial charge in [-0.3, -0.25) is 19.2 Å². The van der Waals surface area contributed by atoms with Gasteiger partial charge in [-0.15, -0.1) is 0 Å². The fraction of sp³-hybridized carbons (Fsp3) is 0.892. The van der Waals surface area contributed by atoms with Crippen molar-refractivity contribution in [2.75, 3.05) is 6.54 Å². The van der Waals surface area contributed by atoms with Gasteiger partial charge in [0.2, 0.25) is 17.7 Å². The van der Waals surface area contributed by atoms with Gasteiger partial charge >= 0.3 is 0 Å². The molecule has 10 nitrogen and oxygen atoms in total. The van der Waals surface area contributed by atoms with Crippen molar-refractivity contribution in [3.63, 3.8) is 0 Å². The number of aliphatic hydroxyl groups excluding tert-OH is 1. The minimum Gasteiger partial charge on any atom is -0.381 e. The summed E-state index contributed by atoms with van der Waals surface area (Å²) in [5, 5.41) is 19.8. The molecule has 0 saturated heterocycles. The summed E-state index contributed by atoms with van der Waals surface area (Å²) in [6.45, 7) is 16.7. The number of nitrogens with zero attached hydrogens (tertiary/aromatic N) is 1. The quantitative estimate of drug-likeness (QED) is 0.154. The Morgan fingerprint density at radius 1 is 0.894 bits per heavy atom. The number of carbonyl (C=O) groups excluding carboxylic acids is 4. The van der Waals surface area contributed by atoms with Crippen LogP contribution in [0.15, 0.2) is 0 Å². The van der Waals surface area contributed by atoms with Gasteiger partial charge in [-0.25, -0.2) is 0 Å². The number of hydrogen-bond acceptors (Lipinski definition) is 6. The first-order valence-corrected chi connectivity index (χ1v) is 18.6. The Kier molecular flexibility index (Phi) is 13.7. The lowest BCUT2D eigenvalue weighted by molar-refractivity contribution is -0.148. The number of aliphatic hydroxyl groups is 1.